The molecule has 0 atom stereocenters. The molecule has 0 aliphatic carbocycles. The fraction of sp³-hybridized carbons (Fsp3) is 0.0847. The van der Waals surface area contributed by atoms with E-state index in [9.17, 15) is 0 Å². The number of hydrogen-bond donors (Lipinski definition) is 0. The van der Waals surface area contributed by atoms with E-state index in [0.29, 0.717) is 28.2 Å². The first kappa shape index (κ1) is 37.1. The molecule has 3 aromatic heterocycles. The maximum absolute atomic E-state index is 8.95. The normalized spacial score (nSPS) is 12.8. The molecule has 0 fully saturated rings. The summed E-state index contributed by atoms with van der Waals surface area (Å²) in [6.45, 7) is 4.14. The van der Waals surface area contributed by atoms with Gasteiger partial charge >= 0.3 is 0 Å². The van der Waals surface area contributed by atoms with Crippen LogP contribution in [0, 0.1) is 25.3 Å². The van der Waals surface area contributed by atoms with Crippen molar-refractivity contribution in [3.05, 3.63) is 212 Å². The fourth-order valence-corrected chi connectivity index (χ4v) is 9.47. The first-order valence-electron chi connectivity index (χ1n) is 23.1. The van der Waals surface area contributed by atoms with Crippen molar-refractivity contribution in [3.63, 3.8) is 0 Å². The van der Waals surface area contributed by atoms with Crippen molar-refractivity contribution < 1.29 is 34.5 Å². The van der Waals surface area contributed by atoms with Crippen LogP contribution in [0.1, 0.15) is 36.0 Å². The van der Waals surface area contributed by atoms with Crippen LogP contribution in [-0.4, -0.2) is 14.1 Å². The van der Waals surface area contributed by atoms with Crippen molar-refractivity contribution >= 4 is 32.8 Å². The number of aryl methyl sites for hydroxylation is 1. The van der Waals surface area contributed by atoms with Crippen molar-refractivity contribution in [2.75, 3.05) is 0 Å². The minimum Gasteiger partial charge on any atom is -0.510 e. The van der Waals surface area contributed by atoms with E-state index in [1.807, 2.05) is 77.5 Å². The number of para-hydroxylation sites is 2. The van der Waals surface area contributed by atoms with E-state index < -0.39 is 6.85 Å². The molecule has 65 heavy (non-hydrogen) atoms. The SMILES string of the molecule is [2H]C([2H])([2H])c1ccc2c3c1n(-c1[c-]c(Oc4[c-]c5c(cc4)c4ccccc4n5-c4cc(C(C)(C)C)ccn4)ccc1)[c-][n+]3-c1c(-c3ccccc3)cccc1-c1ccccc1-c1ccccc1-2.[Pt]. The molecule has 0 saturated heterocycles. The first-order chi connectivity index (χ1) is 32.5. The molecule has 0 unspecified atom stereocenters. The van der Waals surface area contributed by atoms with Crippen LogP contribution in [0.15, 0.2) is 182 Å². The Kier molecular flexibility index (Phi) is 8.97. The monoisotopic (exact) mass is 1020 g/mol. The summed E-state index contributed by atoms with van der Waals surface area (Å²) in [6, 6.07) is 66.6. The Balaban J connectivity index is 0.00000507. The molecule has 6 heteroatoms. The van der Waals surface area contributed by atoms with Crippen molar-refractivity contribution in [1.29, 1.82) is 0 Å². The minimum atomic E-state index is -2.47. The molecule has 316 valence electrons. The quantitative estimate of drug-likeness (QED) is 0.127. The molecule has 0 spiro atoms. The zero-order valence-corrected chi connectivity index (χ0v) is 38.1. The molecule has 0 amide bonds. The standard InChI is InChI=1S/C59H42N4O.Pt/c1-38-28-30-52-48-23-11-9-21-46(48)45-20-8-10-22-47(45)51-26-15-25-44(39-16-6-5-7-17-39)57(51)62-37-61(56(38)58(52)62)41-18-14-19-42(35-41)64-43-29-31-50-49-24-12-13-27-53(49)63(54(50)36-43)55-34-40(32-33-60-55)59(2,3)4;/h5-34H,1-4H3;/q-2;/i1D3;. The second-order valence-corrected chi connectivity index (χ2v) is 17.4. The molecule has 1 aliphatic rings. The van der Waals surface area contributed by atoms with Gasteiger partial charge in [-0.2, -0.15) is 18.2 Å². The Bertz CT molecular complexity index is 3770. The number of imidazole rings is 1. The van der Waals surface area contributed by atoms with Crippen LogP contribution in [0.2, 0.25) is 0 Å². The summed E-state index contributed by atoms with van der Waals surface area (Å²) >= 11 is 0. The van der Waals surface area contributed by atoms with Crippen LogP contribution in [0.25, 0.3) is 94.5 Å². The fourth-order valence-electron chi connectivity index (χ4n) is 9.47. The van der Waals surface area contributed by atoms with Gasteiger partial charge in [-0.15, -0.1) is 29.7 Å². The van der Waals surface area contributed by atoms with Crippen LogP contribution < -0.4 is 9.30 Å². The number of pyridine rings is 1. The molecule has 5 nitrogen and oxygen atoms in total. The summed E-state index contributed by atoms with van der Waals surface area (Å²) in [5.74, 6) is 1.73. The Morgan fingerprint density at radius 3 is 2.03 bits per heavy atom. The third-order valence-corrected chi connectivity index (χ3v) is 12.5. The Hall–Kier alpha value is -7.33. The average Bonchev–Trinajstić information content (AvgIpc) is 3.90. The largest absolute Gasteiger partial charge is 0.510 e. The molecular weight excluding hydrogens is 976 g/mol. The molecule has 0 radical (unpaired) electrons. The predicted octanol–water partition coefficient (Wildman–Crippen LogP) is 14.2. The third-order valence-electron chi connectivity index (χ3n) is 12.5. The summed E-state index contributed by atoms with van der Waals surface area (Å²) in [6.07, 6.45) is 5.60. The maximum Gasteiger partial charge on any atom is 0.268 e. The van der Waals surface area contributed by atoms with Gasteiger partial charge in [0.1, 0.15) is 5.82 Å². The summed E-state index contributed by atoms with van der Waals surface area (Å²) in [7, 11) is 0. The average molecular weight is 1020 g/mol. The van der Waals surface area contributed by atoms with E-state index in [-0.39, 0.29) is 32.0 Å². The van der Waals surface area contributed by atoms with Crippen LogP contribution >= 0.6 is 0 Å². The van der Waals surface area contributed by atoms with Gasteiger partial charge in [-0.25, -0.2) is 4.98 Å². The minimum absolute atomic E-state index is 0. The van der Waals surface area contributed by atoms with Crippen molar-refractivity contribution in [2.24, 2.45) is 0 Å². The van der Waals surface area contributed by atoms with Crippen molar-refractivity contribution in [1.82, 2.24) is 14.1 Å². The molecule has 11 aromatic rings. The first-order valence-corrected chi connectivity index (χ1v) is 21.6. The second kappa shape index (κ2) is 15.7. The summed E-state index contributed by atoms with van der Waals surface area (Å²) in [5.41, 5.74) is 13.9. The van der Waals surface area contributed by atoms with Gasteiger partial charge in [0.2, 0.25) is 0 Å². The number of fused-ring (bicyclic) bond motifs is 10. The van der Waals surface area contributed by atoms with Gasteiger partial charge < -0.3 is 13.9 Å². The number of aromatic nitrogens is 4. The topological polar surface area (TPSA) is 35.9 Å². The number of rotatable bonds is 5. The van der Waals surface area contributed by atoms with E-state index in [1.54, 1.807) is 6.07 Å². The molecule has 0 bridgehead atoms. The van der Waals surface area contributed by atoms with Gasteiger partial charge in [0.15, 0.2) is 0 Å². The molecule has 1 aliphatic heterocycles. The van der Waals surface area contributed by atoms with Gasteiger partial charge in [0.25, 0.3) is 6.33 Å². The van der Waals surface area contributed by atoms with Gasteiger partial charge in [0.05, 0.1) is 16.7 Å². The second-order valence-electron chi connectivity index (χ2n) is 17.4. The van der Waals surface area contributed by atoms with Crippen LogP contribution in [0.3, 0.4) is 0 Å². The molecule has 8 aromatic carbocycles. The van der Waals surface area contributed by atoms with Crippen molar-refractivity contribution in [3.8, 4) is 73.2 Å². The van der Waals surface area contributed by atoms with Gasteiger partial charge in [-0.1, -0.05) is 154 Å². The molecule has 12 rings (SSSR count). The Morgan fingerprint density at radius 2 is 1.26 bits per heavy atom. The Morgan fingerprint density at radius 1 is 0.600 bits per heavy atom. The summed E-state index contributed by atoms with van der Waals surface area (Å²) in [5, 5.41) is 2.12. The van der Waals surface area contributed by atoms with E-state index in [4.69, 9.17) is 13.8 Å². The van der Waals surface area contributed by atoms with Gasteiger partial charge in [-0.05, 0) is 97.2 Å². The number of benzene rings is 8. The van der Waals surface area contributed by atoms with Crippen LogP contribution in [-0.2, 0) is 26.5 Å². The van der Waals surface area contributed by atoms with E-state index in [0.717, 1.165) is 77.8 Å². The Labute approximate surface area is 397 Å². The van der Waals surface area contributed by atoms with Gasteiger partial charge in [-0.3, -0.25) is 4.57 Å². The smallest absolute Gasteiger partial charge is 0.268 e. The zero-order valence-electron chi connectivity index (χ0n) is 38.8. The summed E-state index contributed by atoms with van der Waals surface area (Å²) < 4.78 is 39.6. The van der Waals surface area contributed by atoms with E-state index in [2.05, 4.69) is 151 Å². The zero-order chi connectivity index (χ0) is 45.6. The molecule has 0 saturated carbocycles. The summed E-state index contributed by atoms with van der Waals surface area (Å²) in [4.78, 5) is 4.85. The van der Waals surface area contributed by atoms with Crippen molar-refractivity contribution in [2.45, 2.75) is 33.0 Å². The molecular formula is C59H42N4OPt-2. The van der Waals surface area contributed by atoms with Gasteiger partial charge in [0, 0.05) is 48.4 Å². The number of hydrogen-bond acceptors (Lipinski definition) is 2. The van der Waals surface area contributed by atoms with E-state index >= 15 is 0 Å². The predicted molar refractivity (Wildman–Crippen MR) is 259 cm³/mol. The van der Waals surface area contributed by atoms with Crippen LogP contribution in [0.4, 0.5) is 0 Å². The van der Waals surface area contributed by atoms with E-state index in [1.165, 1.54) is 5.56 Å². The number of nitrogens with zero attached hydrogens (tertiary/aromatic N) is 4. The maximum atomic E-state index is 8.95. The molecule has 4 heterocycles. The molecule has 0 N–H and O–H groups in total. The third kappa shape index (κ3) is 6.64. The number of ether oxygens (including phenoxy) is 1. The van der Waals surface area contributed by atoms with Crippen LogP contribution in [0.5, 0.6) is 11.5 Å².